The molecule has 0 spiro atoms. The van der Waals surface area contributed by atoms with Crippen LogP contribution in [0.2, 0.25) is 0 Å². The minimum atomic E-state index is -0.214. The second-order valence-electron chi connectivity index (χ2n) is 5.43. The minimum Gasteiger partial charge on any atom is -0.492 e. The number of nitrogens with one attached hydrogen (secondary N) is 2. The van der Waals surface area contributed by atoms with Gasteiger partial charge in [-0.05, 0) is 41.8 Å². The van der Waals surface area contributed by atoms with Crippen molar-refractivity contribution in [2.75, 3.05) is 18.5 Å². The van der Waals surface area contributed by atoms with E-state index in [4.69, 9.17) is 4.74 Å². The second-order valence-corrected chi connectivity index (χ2v) is 6.38. The number of carbonyl (C=O) groups is 2. The van der Waals surface area contributed by atoms with E-state index in [0.717, 1.165) is 5.75 Å². The minimum absolute atomic E-state index is 0.186. The van der Waals surface area contributed by atoms with Crippen LogP contribution in [0.1, 0.15) is 20.0 Å². The standard InChI is InChI=1S/C20H18N2O3S/c23-19(21-11-12-25-17-8-2-1-3-9-17)15-6-4-7-16(14-15)22-20(24)18-10-5-13-26-18/h1-10,13-14H,11-12H2,(H,21,23)(H,22,24). The predicted octanol–water partition coefficient (Wildman–Crippen LogP) is 3.81. The Balaban J connectivity index is 1.50. The van der Waals surface area contributed by atoms with E-state index in [1.165, 1.54) is 11.3 Å². The number of benzene rings is 2. The topological polar surface area (TPSA) is 67.4 Å². The molecule has 0 radical (unpaired) electrons. The monoisotopic (exact) mass is 366 g/mol. The van der Waals surface area contributed by atoms with Gasteiger partial charge in [-0.15, -0.1) is 11.3 Å². The fourth-order valence-corrected chi connectivity index (χ4v) is 2.91. The van der Waals surface area contributed by atoms with Crippen LogP contribution in [0.3, 0.4) is 0 Å². The van der Waals surface area contributed by atoms with E-state index >= 15 is 0 Å². The van der Waals surface area contributed by atoms with E-state index < -0.39 is 0 Å². The Morgan fingerprint density at radius 1 is 0.923 bits per heavy atom. The Morgan fingerprint density at radius 3 is 2.54 bits per heavy atom. The van der Waals surface area contributed by atoms with Gasteiger partial charge in [0.2, 0.25) is 0 Å². The molecule has 2 N–H and O–H groups in total. The van der Waals surface area contributed by atoms with Gasteiger partial charge in [0.05, 0.1) is 11.4 Å². The van der Waals surface area contributed by atoms with Crippen molar-refractivity contribution >= 4 is 28.8 Å². The van der Waals surface area contributed by atoms with E-state index in [0.29, 0.717) is 29.3 Å². The first-order valence-corrected chi connectivity index (χ1v) is 9.01. The van der Waals surface area contributed by atoms with Gasteiger partial charge in [0.1, 0.15) is 12.4 Å². The molecule has 0 unspecified atom stereocenters. The lowest BCUT2D eigenvalue weighted by molar-refractivity contribution is 0.0945. The number of rotatable bonds is 7. The van der Waals surface area contributed by atoms with Gasteiger partial charge < -0.3 is 15.4 Å². The van der Waals surface area contributed by atoms with Crippen molar-refractivity contribution in [3.05, 3.63) is 82.6 Å². The number of para-hydroxylation sites is 1. The molecule has 6 heteroatoms. The molecule has 2 amide bonds. The maximum Gasteiger partial charge on any atom is 0.265 e. The van der Waals surface area contributed by atoms with Crippen LogP contribution in [-0.2, 0) is 0 Å². The molecule has 0 saturated heterocycles. The van der Waals surface area contributed by atoms with Gasteiger partial charge in [0.15, 0.2) is 0 Å². The quantitative estimate of drug-likeness (QED) is 0.625. The summed E-state index contributed by atoms with van der Waals surface area (Å²) in [5, 5.41) is 7.44. The lowest BCUT2D eigenvalue weighted by atomic mass is 10.2. The normalized spacial score (nSPS) is 10.2. The lowest BCUT2D eigenvalue weighted by Gasteiger charge is -2.09. The summed E-state index contributed by atoms with van der Waals surface area (Å²) in [7, 11) is 0. The van der Waals surface area contributed by atoms with Gasteiger partial charge in [-0.2, -0.15) is 0 Å². The zero-order valence-corrected chi connectivity index (χ0v) is 14.8. The summed E-state index contributed by atoms with van der Waals surface area (Å²) in [5.74, 6) is 0.364. The molecule has 3 aromatic rings. The summed E-state index contributed by atoms with van der Waals surface area (Å²) in [6.45, 7) is 0.768. The van der Waals surface area contributed by atoms with Crippen LogP contribution in [0.15, 0.2) is 72.1 Å². The molecule has 5 nitrogen and oxygen atoms in total. The largest absolute Gasteiger partial charge is 0.492 e. The number of hydrogen-bond donors (Lipinski definition) is 2. The van der Waals surface area contributed by atoms with Crippen molar-refractivity contribution in [3.8, 4) is 5.75 Å². The van der Waals surface area contributed by atoms with E-state index in [9.17, 15) is 9.59 Å². The van der Waals surface area contributed by atoms with Gasteiger partial charge in [0, 0.05) is 11.3 Å². The molecule has 0 fully saturated rings. The van der Waals surface area contributed by atoms with Crippen LogP contribution in [-0.4, -0.2) is 25.0 Å². The number of thiophene rings is 1. The Kier molecular flexibility index (Phi) is 6.01. The average molecular weight is 366 g/mol. The van der Waals surface area contributed by atoms with Crippen molar-refractivity contribution in [3.63, 3.8) is 0 Å². The molecule has 132 valence electrons. The van der Waals surface area contributed by atoms with Gasteiger partial charge in [-0.1, -0.05) is 30.3 Å². The molecule has 0 atom stereocenters. The maximum absolute atomic E-state index is 12.2. The molecular formula is C20H18N2O3S. The smallest absolute Gasteiger partial charge is 0.265 e. The van der Waals surface area contributed by atoms with E-state index in [-0.39, 0.29) is 11.8 Å². The molecular weight excluding hydrogens is 348 g/mol. The maximum atomic E-state index is 12.2. The highest BCUT2D eigenvalue weighted by molar-refractivity contribution is 7.12. The van der Waals surface area contributed by atoms with Gasteiger partial charge in [0.25, 0.3) is 11.8 Å². The summed E-state index contributed by atoms with van der Waals surface area (Å²) in [5.41, 5.74) is 1.06. The second kappa shape index (κ2) is 8.82. The SMILES string of the molecule is O=C(NCCOc1ccccc1)c1cccc(NC(=O)c2cccs2)c1. The van der Waals surface area contributed by atoms with Crippen molar-refractivity contribution in [1.29, 1.82) is 0 Å². The highest BCUT2D eigenvalue weighted by Crippen LogP contribution is 2.15. The van der Waals surface area contributed by atoms with Crippen LogP contribution < -0.4 is 15.4 Å². The third-order valence-electron chi connectivity index (χ3n) is 3.53. The molecule has 1 aromatic heterocycles. The number of amides is 2. The summed E-state index contributed by atoms with van der Waals surface area (Å²) in [4.78, 5) is 25.0. The molecule has 1 heterocycles. The molecule has 26 heavy (non-hydrogen) atoms. The molecule has 2 aromatic carbocycles. The third-order valence-corrected chi connectivity index (χ3v) is 4.40. The van der Waals surface area contributed by atoms with Crippen LogP contribution in [0, 0.1) is 0 Å². The molecule has 0 bridgehead atoms. The first kappa shape index (κ1) is 17.7. The highest BCUT2D eigenvalue weighted by Gasteiger charge is 2.09. The van der Waals surface area contributed by atoms with Crippen LogP contribution in [0.5, 0.6) is 5.75 Å². The Bertz CT molecular complexity index is 864. The fraction of sp³-hybridized carbons (Fsp3) is 0.100. The summed E-state index contributed by atoms with van der Waals surface area (Å²) in [6, 6.07) is 19.8. The Hall–Kier alpha value is -3.12. The van der Waals surface area contributed by atoms with E-state index in [2.05, 4.69) is 10.6 Å². The molecule has 0 aliphatic rings. The van der Waals surface area contributed by atoms with Crippen LogP contribution >= 0.6 is 11.3 Å². The van der Waals surface area contributed by atoms with Crippen molar-refractivity contribution in [2.24, 2.45) is 0 Å². The van der Waals surface area contributed by atoms with E-state index in [1.54, 1.807) is 30.3 Å². The predicted molar refractivity (Wildman–Crippen MR) is 103 cm³/mol. The number of anilines is 1. The Morgan fingerprint density at radius 2 is 1.77 bits per heavy atom. The number of carbonyl (C=O) groups excluding carboxylic acids is 2. The van der Waals surface area contributed by atoms with Crippen LogP contribution in [0.25, 0.3) is 0 Å². The zero-order valence-electron chi connectivity index (χ0n) is 14.0. The van der Waals surface area contributed by atoms with Gasteiger partial charge >= 0.3 is 0 Å². The van der Waals surface area contributed by atoms with Gasteiger partial charge in [-0.3, -0.25) is 9.59 Å². The van der Waals surface area contributed by atoms with Crippen LogP contribution in [0.4, 0.5) is 5.69 Å². The molecule has 0 aliphatic carbocycles. The Labute approximate surface area is 155 Å². The van der Waals surface area contributed by atoms with Crippen molar-refractivity contribution < 1.29 is 14.3 Å². The van der Waals surface area contributed by atoms with Crippen molar-refractivity contribution in [2.45, 2.75) is 0 Å². The highest BCUT2D eigenvalue weighted by atomic mass is 32.1. The summed E-state index contributed by atoms with van der Waals surface area (Å²) < 4.78 is 5.54. The average Bonchev–Trinajstić information content (AvgIpc) is 3.21. The summed E-state index contributed by atoms with van der Waals surface area (Å²) >= 11 is 1.37. The third kappa shape index (κ3) is 4.94. The van der Waals surface area contributed by atoms with Gasteiger partial charge in [-0.25, -0.2) is 0 Å². The summed E-state index contributed by atoms with van der Waals surface area (Å²) in [6.07, 6.45) is 0. The number of hydrogen-bond acceptors (Lipinski definition) is 4. The molecule has 3 rings (SSSR count). The van der Waals surface area contributed by atoms with E-state index in [1.807, 2.05) is 41.8 Å². The first-order chi connectivity index (χ1) is 12.7. The lowest BCUT2D eigenvalue weighted by Crippen LogP contribution is -2.28. The molecule has 0 aliphatic heterocycles. The fourth-order valence-electron chi connectivity index (χ4n) is 2.29. The number of ether oxygens (including phenoxy) is 1. The zero-order chi connectivity index (χ0) is 18.2. The first-order valence-electron chi connectivity index (χ1n) is 8.13. The molecule has 0 saturated carbocycles. The van der Waals surface area contributed by atoms with Crippen molar-refractivity contribution in [1.82, 2.24) is 5.32 Å².